The van der Waals surface area contributed by atoms with Gasteiger partial charge in [0.25, 0.3) is 5.91 Å². The van der Waals surface area contributed by atoms with E-state index in [1.165, 1.54) is 7.05 Å². The minimum atomic E-state index is -0.560. The number of amides is 2. The molecule has 1 N–H and O–H groups in total. The van der Waals surface area contributed by atoms with Gasteiger partial charge < -0.3 is 19.5 Å². The van der Waals surface area contributed by atoms with E-state index < -0.39 is 17.6 Å². The lowest BCUT2D eigenvalue weighted by molar-refractivity contribution is 0.0976. The fraction of sp³-hybridized carbons (Fsp3) is 0.533. The Bertz CT molecular complexity index is 1500. The van der Waals surface area contributed by atoms with Gasteiger partial charge in [0.2, 0.25) is 0 Å². The number of ether oxygens (including phenoxy) is 1. The van der Waals surface area contributed by atoms with E-state index in [4.69, 9.17) is 14.7 Å². The van der Waals surface area contributed by atoms with Gasteiger partial charge in [-0.15, -0.1) is 10.2 Å². The van der Waals surface area contributed by atoms with Gasteiger partial charge in [0.1, 0.15) is 29.8 Å². The molecule has 0 spiro atoms. The Morgan fingerprint density at radius 3 is 2.61 bits per heavy atom. The Hall–Kier alpha value is -4.02. The zero-order valence-corrected chi connectivity index (χ0v) is 25.4. The van der Waals surface area contributed by atoms with Gasteiger partial charge in [-0.25, -0.2) is 14.8 Å². The van der Waals surface area contributed by atoms with E-state index in [0.717, 1.165) is 24.2 Å². The average molecular weight is 561 g/mol. The second-order valence-corrected chi connectivity index (χ2v) is 12.8. The molecule has 1 unspecified atom stereocenters. The fourth-order valence-corrected chi connectivity index (χ4v) is 5.76. The molecular formula is C30H40N8O3. The summed E-state index contributed by atoms with van der Waals surface area (Å²) in [5, 5.41) is 11.4. The minimum absolute atomic E-state index is 0.0656. The number of nitrogens with zero attached hydrogens (tertiary/aromatic N) is 7. The average Bonchev–Trinajstić information content (AvgIpc) is 3.58. The van der Waals surface area contributed by atoms with Crippen LogP contribution in [0.2, 0.25) is 0 Å². The summed E-state index contributed by atoms with van der Waals surface area (Å²) >= 11 is 0. The van der Waals surface area contributed by atoms with Crippen molar-refractivity contribution in [2.24, 2.45) is 5.41 Å². The van der Waals surface area contributed by atoms with Crippen molar-refractivity contribution < 1.29 is 14.3 Å². The molecule has 0 radical (unpaired) electrons. The maximum Gasteiger partial charge on any atom is 0.407 e. The van der Waals surface area contributed by atoms with Crippen LogP contribution in [0.4, 0.5) is 16.4 Å². The van der Waals surface area contributed by atoms with Crippen molar-refractivity contribution >= 4 is 23.6 Å². The van der Waals surface area contributed by atoms with Gasteiger partial charge in [-0.3, -0.25) is 9.69 Å². The van der Waals surface area contributed by atoms with Crippen LogP contribution in [0.3, 0.4) is 0 Å². The van der Waals surface area contributed by atoms with Crippen LogP contribution in [0.1, 0.15) is 88.4 Å². The Morgan fingerprint density at radius 1 is 1.22 bits per heavy atom. The van der Waals surface area contributed by atoms with Crippen molar-refractivity contribution in [3.63, 3.8) is 0 Å². The molecule has 5 rings (SSSR count). The highest BCUT2D eigenvalue weighted by atomic mass is 16.5. The van der Waals surface area contributed by atoms with Crippen LogP contribution in [0.5, 0.6) is 0 Å². The minimum Gasteiger partial charge on any atom is -0.443 e. The second kappa shape index (κ2) is 10.1. The Balaban J connectivity index is 1.65. The molecule has 3 aromatic rings. The predicted molar refractivity (Wildman–Crippen MR) is 157 cm³/mol. The molecule has 0 aliphatic carbocycles. The standard InChI is InChI=1S/C30H40N8O3/c1-17(2)36(9)23-15-18-24(20(33-23)16-41-28(40)31-8)25(29(3,4)5)37(27(18)39)21-12-10-11-19(32-21)26-35-34-22-13-14-30(6,7)38(22)26/h10-12,15,17,25H,13-14,16H2,1-9H3,(H,31,40). The van der Waals surface area contributed by atoms with Crippen molar-refractivity contribution in [1.82, 2.24) is 30.0 Å². The highest BCUT2D eigenvalue weighted by Crippen LogP contribution is 2.49. The summed E-state index contributed by atoms with van der Waals surface area (Å²) in [5.41, 5.74) is 1.99. The van der Waals surface area contributed by atoms with Crippen LogP contribution in [0, 0.1) is 5.41 Å². The van der Waals surface area contributed by atoms with E-state index in [0.29, 0.717) is 34.4 Å². The first-order valence-corrected chi connectivity index (χ1v) is 14.1. The Labute approximate surface area is 241 Å². The number of pyridine rings is 2. The largest absolute Gasteiger partial charge is 0.443 e. The molecular weight excluding hydrogens is 520 g/mol. The van der Waals surface area contributed by atoms with Gasteiger partial charge in [-0.1, -0.05) is 26.8 Å². The molecule has 0 bridgehead atoms. The van der Waals surface area contributed by atoms with Gasteiger partial charge in [-0.2, -0.15) is 0 Å². The molecule has 5 heterocycles. The van der Waals surface area contributed by atoms with E-state index in [9.17, 15) is 9.59 Å². The third-order valence-corrected chi connectivity index (χ3v) is 8.11. The molecule has 11 nitrogen and oxygen atoms in total. The number of carbonyl (C=O) groups is 2. The molecule has 0 aromatic carbocycles. The van der Waals surface area contributed by atoms with Gasteiger partial charge in [0.15, 0.2) is 5.82 Å². The number of fused-ring (bicyclic) bond motifs is 2. The van der Waals surface area contributed by atoms with Gasteiger partial charge in [-0.05, 0) is 57.7 Å². The number of hydrogen-bond acceptors (Lipinski definition) is 8. The summed E-state index contributed by atoms with van der Waals surface area (Å²) in [5.74, 6) is 2.64. The fourth-order valence-electron chi connectivity index (χ4n) is 5.76. The predicted octanol–water partition coefficient (Wildman–Crippen LogP) is 4.86. The number of carbonyl (C=O) groups excluding carboxylic acids is 2. The molecule has 2 aliphatic heterocycles. The molecule has 0 fully saturated rings. The first-order valence-electron chi connectivity index (χ1n) is 14.1. The third kappa shape index (κ3) is 4.91. The van der Waals surface area contributed by atoms with Gasteiger partial charge in [0.05, 0.1) is 17.3 Å². The zero-order valence-electron chi connectivity index (χ0n) is 25.4. The van der Waals surface area contributed by atoms with E-state index in [-0.39, 0.29) is 24.1 Å². The van der Waals surface area contributed by atoms with Gasteiger partial charge >= 0.3 is 6.09 Å². The van der Waals surface area contributed by atoms with Crippen LogP contribution in [0.25, 0.3) is 11.5 Å². The van der Waals surface area contributed by atoms with Crippen LogP contribution in [-0.4, -0.2) is 56.9 Å². The molecule has 2 aliphatic rings. The molecule has 0 saturated carbocycles. The summed E-state index contributed by atoms with van der Waals surface area (Å²) in [6.45, 7) is 14.7. The zero-order chi connectivity index (χ0) is 29.9. The van der Waals surface area contributed by atoms with E-state index in [1.54, 1.807) is 4.90 Å². The van der Waals surface area contributed by atoms with Crippen LogP contribution >= 0.6 is 0 Å². The monoisotopic (exact) mass is 560 g/mol. The Kier molecular flexibility index (Phi) is 7.03. The maximum atomic E-state index is 14.3. The van der Waals surface area contributed by atoms with Crippen LogP contribution in [-0.2, 0) is 23.3 Å². The summed E-state index contributed by atoms with van der Waals surface area (Å²) in [6, 6.07) is 7.26. The highest BCUT2D eigenvalue weighted by molar-refractivity contribution is 6.11. The number of nitrogens with one attached hydrogen (secondary N) is 1. The lowest BCUT2D eigenvalue weighted by atomic mass is 9.81. The molecule has 0 saturated heterocycles. The van der Waals surface area contributed by atoms with Crippen molar-refractivity contribution in [2.75, 3.05) is 23.9 Å². The van der Waals surface area contributed by atoms with Crippen molar-refractivity contribution in [1.29, 1.82) is 0 Å². The summed E-state index contributed by atoms with van der Waals surface area (Å²) in [6.07, 6.45) is 1.29. The topological polar surface area (TPSA) is 118 Å². The maximum absolute atomic E-state index is 14.3. The van der Waals surface area contributed by atoms with Crippen molar-refractivity contribution in [2.45, 2.75) is 85.5 Å². The van der Waals surface area contributed by atoms with Crippen LogP contribution < -0.4 is 15.1 Å². The lowest BCUT2D eigenvalue weighted by Gasteiger charge is -2.35. The normalized spacial score (nSPS) is 17.6. The van der Waals surface area contributed by atoms with E-state index in [2.05, 4.69) is 68.5 Å². The number of anilines is 2. The molecule has 218 valence electrons. The molecule has 3 aromatic heterocycles. The lowest BCUT2D eigenvalue weighted by Crippen LogP contribution is -2.36. The smallest absolute Gasteiger partial charge is 0.407 e. The summed E-state index contributed by atoms with van der Waals surface area (Å²) in [7, 11) is 3.45. The SMILES string of the molecule is CNC(=O)OCc1nc(N(C)C(C)C)cc2c1C(C(C)(C)C)N(c1cccc(-c3nnc4n3C(C)(C)CC4)n1)C2=O. The second-order valence-electron chi connectivity index (χ2n) is 12.8. The molecule has 1 atom stereocenters. The van der Waals surface area contributed by atoms with E-state index in [1.807, 2.05) is 36.2 Å². The first-order chi connectivity index (χ1) is 19.2. The molecule has 41 heavy (non-hydrogen) atoms. The molecule has 11 heteroatoms. The van der Waals surface area contributed by atoms with Crippen molar-refractivity contribution in [3.05, 3.63) is 46.9 Å². The Morgan fingerprint density at radius 2 is 1.95 bits per heavy atom. The number of alkyl carbamates (subject to hydrolysis) is 1. The summed E-state index contributed by atoms with van der Waals surface area (Å²) < 4.78 is 7.63. The number of hydrogen-bond donors (Lipinski definition) is 1. The summed E-state index contributed by atoms with van der Waals surface area (Å²) in [4.78, 5) is 40.0. The van der Waals surface area contributed by atoms with E-state index >= 15 is 0 Å². The first kappa shape index (κ1) is 28.5. The van der Waals surface area contributed by atoms with Crippen molar-refractivity contribution in [3.8, 4) is 11.5 Å². The highest BCUT2D eigenvalue weighted by Gasteiger charge is 2.47. The number of aryl methyl sites for hydroxylation is 1. The van der Waals surface area contributed by atoms with Gasteiger partial charge in [0, 0.05) is 37.7 Å². The van der Waals surface area contributed by atoms with Crippen LogP contribution in [0.15, 0.2) is 24.3 Å². The number of rotatable bonds is 6. The third-order valence-electron chi connectivity index (χ3n) is 8.11. The molecule has 2 amide bonds. The number of aromatic nitrogens is 5. The quantitative estimate of drug-likeness (QED) is 0.454.